The Kier molecular flexibility index (Phi) is 4.98. The summed E-state index contributed by atoms with van der Waals surface area (Å²) in [6, 6.07) is 17.2. The van der Waals surface area contributed by atoms with Crippen LogP contribution in [0.3, 0.4) is 0 Å². The van der Waals surface area contributed by atoms with E-state index in [0.29, 0.717) is 23.7 Å². The summed E-state index contributed by atoms with van der Waals surface area (Å²) in [5.74, 6) is 0.464. The zero-order valence-electron chi connectivity index (χ0n) is 14.1. The van der Waals surface area contributed by atoms with Crippen LogP contribution in [0.5, 0.6) is 5.75 Å². The van der Waals surface area contributed by atoms with Crippen LogP contribution in [0.1, 0.15) is 5.56 Å². The van der Waals surface area contributed by atoms with Gasteiger partial charge in [-0.2, -0.15) is 0 Å². The minimum absolute atomic E-state index is 0.0490. The van der Waals surface area contributed by atoms with E-state index in [1.165, 1.54) is 22.8 Å². The van der Waals surface area contributed by atoms with E-state index in [4.69, 9.17) is 4.74 Å². The Hall–Kier alpha value is -3.61. The molecule has 2 aromatic carbocycles. The molecular formula is C19H17N3O4. The van der Waals surface area contributed by atoms with Gasteiger partial charge in [0.2, 0.25) is 0 Å². The number of pyridine rings is 1. The van der Waals surface area contributed by atoms with Gasteiger partial charge in [-0.3, -0.25) is 19.5 Å². The normalized spacial score (nSPS) is 10.3. The lowest BCUT2D eigenvalue weighted by atomic mass is 10.2. The molecule has 3 rings (SSSR count). The quantitative estimate of drug-likeness (QED) is 0.543. The number of nitrogens with one attached hydrogen (secondary N) is 1. The lowest BCUT2D eigenvalue weighted by Crippen LogP contribution is -2.17. The molecule has 0 saturated carbocycles. The predicted molar refractivity (Wildman–Crippen MR) is 99.0 cm³/mol. The van der Waals surface area contributed by atoms with Crippen LogP contribution in [0.15, 0.2) is 71.7 Å². The van der Waals surface area contributed by atoms with Crippen LogP contribution >= 0.6 is 0 Å². The molecule has 0 unspecified atom stereocenters. The number of nitrogens with zero attached hydrogens (tertiary/aromatic N) is 2. The number of hydrogen-bond donors (Lipinski definition) is 1. The third-order valence-corrected chi connectivity index (χ3v) is 3.86. The smallest absolute Gasteiger partial charge is 0.292 e. The number of nitro benzene ring substituents is 1. The highest BCUT2D eigenvalue weighted by Gasteiger charge is 2.14. The number of aromatic nitrogens is 1. The first-order chi connectivity index (χ1) is 12.6. The molecule has 0 radical (unpaired) electrons. The van der Waals surface area contributed by atoms with E-state index in [9.17, 15) is 14.9 Å². The lowest BCUT2D eigenvalue weighted by molar-refractivity contribution is -0.383. The first-order valence-corrected chi connectivity index (χ1v) is 7.94. The third-order valence-electron chi connectivity index (χ3n) is 3.86. The van der Waals surface area contributed by atoms with Gasteiger partial charge in [0.25, 0.3) is 11.2 Å². The molecule has 0 aliphatic carbocycles. The maximum absolute atomic E-state index is 12.4. The Morgan fingerprint density at radius 2 is 1.88 bits per heavy atom. The van der Waals surface area contributed by atoms with Crippen LogP contribution in [-0.4, -0.2) is 16.5 Å². The molecule has 0 amide bonds. The fraction of sp³-hybridized carbons (Fsp3) is 0.105. The van der Waals surface area contributed by atoms with Crippen LogP contribution in [-0.2, 0) is 6.61 Å². The van der Waals surface area contributed by atoms with Crippen LogP contribution < -0.4 is 15.6 Å². The molecule has 7 heteroatoms. The molecular weight excluding hydrogens is 334 g/mol. The number of ether oxygens (including phenoxy) is 1. The average Bonchev–Trinajstić information content (AvgIpc) is 2.66. The minimum Gasteiger partial charge on any atom is -0.489 e. The van der Waals surface area contributed by atoms with E-state index in [1.807, 2.05) is 30.3 Å². The second-order valence-electron chi connectivity index (χ2n) is 5.55. The Balaban J connectivity index is 1.84. The van der Waals surface area contributed by atoms with E-state index in [2.05, 4.69) is 5.32 Å². The maximum Gasteiger partial charge on any atom is 0.292 e. The Bertz CT molecular complexity index is 984. The van der Waals surface area contributed by atoms with E-state index >= 15 is 0 Å². The largest absolute Gasteiger partial charge is 0.489 e. The lowest BCUT2D eigenvalue weighted by Gasteiger charge is -2.10. The second-order valence-corrected chi connectivity index (χ2v) is 5.55. The van der Waals surface area contributed by atoms with Crippen molar-refractivity contribution < 1.29 is 9.66 Å². The molecule has 1 heterocycles. The summed E-state index contributed by atoms with van der Waals surface area (Å²) in [6.07, 6.45) is 1.59. The first-order valence-electron chi connectivity index (χ1n) is 7.94. The summed E-state index contributed by atoms with van der Waals surface area (Å²) in [5.41, 5.74) is 1.53. The molecule has 3 aromatic rings. The van der Waals surface area contributed by atoms with Gasteiger partial charge in [-0.15, -0.1) is 0 Å². The third kappa shape index (κ3) is 3.72. The van der Waals surface area contributed by atoms with Crippen LogP contribution in [0, 0.1) is 10.1 Å². The minimum atomic E-state index is -0.473. The first kappa shape index (κ1) is 17.2. The van der Waals surface area contributed by atoms with Gasteiger partial charge in [0.15, 0.2) is 0 Å². The highest BCUT2D eigenvalue weighted by atomic mass is 16.6. The number of hydrogen-bond acceptors (Lipinski definition) is 5. The van der Waals surface area contributed by atoms with Crippen molar-refractivity contribution in [2.75, 3.05) is 12.4 Å². The Morgan fingerprint density at radius 1 is 1.12 bits per heavy atom. The molecule has 0 aliphatic rings. The summed E-state index contributed by atoms with van der Waals surface area (Å²) >= 11 is 0. The molecule has 0 spiro atoms. The molecule has 1 N–H and O–H groups in total. The van der Waals surface area contributed by atoms with Gasteiger partial charge in [0, 0.05) is 25.4 Å². The highest BCUT2D eigenvalue weighted by Crippen LogP contribution is 2.26. The SMILES string of the molecule is CNc1cc(-n2ccc(OCc3ccccc3)cc2=O)ccc1[N+](=O)[O-]. The number of anilines is 1. The zero-order chi connectivity index (χ0) is 18.5. The van der Waals surface area contributed by atoms with Crippen molar-refractivity contribution in [2.45, 2.75) is 6.61 Å². The summed E-state index contributed by atoms with van der Waals surface area (Å²) in [6.45, 7) is 0.367. The maximum atomic E-state index is 12.4. The van der Waals surface area contributed by atoms with Crippen molar-refractivity contribution in [3.63, 3.8) is 0 Å². The average molecular weight is 351 g/mol. The van der Waals surface area contributed by atoms with Crippen molar-refractivity contribution in [1.29, 1.82) is 0 Å². The molecule has 0 bridgehead atoms. The van der Waals surface area contributed by atoms with Crippen LogP contribution in [0.2, 0.25) is 0 Å². The standard InChI is InChI=1S/C19H17N3O4/c1-20-17-11-15(7-8-18(17)22(24)25)21-10-9-16(12-19(21)23)26-13-14-5-3-2-4-6-14/h2-12,20H,13H2,1H3. The van der Waals surface area contributed by atoms with Gasteiger partial charge in [-0.05, 0) is 23.8 Å². The molecule has 0 atom stereocenters. The topological polar surface area (TPSA) is 86.4 Å². The summed E-state index contributed by atoms with van der Waals surface area (Å²) in [4.78, 5) is 22.9. The number of nitro groups is 1. The molecule has 0 saturated heterocycles. The van der Waals surface area contributed by atoms with Gasteiger partial charge in [-0.1, -0.05) is 30.3 Å². The number of benzene rings is 2. The van der Waals surface area contributed by atoms with Gasteiger partial charge in [0.1, 0.15) is 18.0 Å². The predicted octanol–water partition coefficient (Wildman–Crippen LogP) is 3.37. The van der Waals surface area contributed by atoms with E-state index in [-0.39, 0.29) is 11.2 Å². The van der Waals surface area contributed by atoms with Crippen LogP contribution in [0.25, 0.3) is 5.69 Å². The fourth-order valence-corrected chi connectivity index (χ4v) is 2.54. The monoisotopic (exact) mass is 351 g/mol. The van der Waals surface area contributed by atoms with Gasteiger partial charge >= 0.3 is 0 Å². The van der Waals surface area contributed by atoms with Crippen LogP contribution in [0.4, 0.5) is 11.4 Å². The Labute approximate surface area is 149 Å². The van der Waals surface area contributed by atoms with E-state index in [0.717, 1.165) is 5.56 Å². The van der Waals surface area contributed by atoms with E-state index in [1.54, 1.807) is 25.4 Å². The van der Waals surface area contributed by atoms with Crippen molar-refractivity contribution in [3.05, 3.63) is 92.9 Å². The molecule has 7 nitrogen and oxygen atoms in total. The molecule has 0 fully saturated rings. The summed E-state index contributed by atoms with van der Waals surface area (Å²) in [7, 11) is 1.59. The summed E-state index contributed by atoms with van der Waals surface area (Å²) < 4.78 is 7.05. The van der Waals surface area contributed by atoms with Crippen molar-refractivity contribution in [1.82, 2.24) is 4.57 Å². The summed E-state index contributed by atoms with van der Waals surface area (Å²) in [5, 5.41) is 13.8. The molecule has 132 valence electrons. The van der Waals surface area contributed by atoms with Crippen molar-refractivity contribution in [2.24, 2.45) is 0 Å². The Morgan fingerprint density at radius 3 is 2.54 bits per heavy atom. The molecule has 26 heavy (non-hydrogen) atoms. The van der Waals surface area contributed by atoms with Gasteiger partial charge < -0.3 is 10.1 Å². The molecule has 0 aliphatic heterocycles. The van der Waals surface area contributed by atoms with Crippen molar-refractivity contribution in [3.8, 4) is 11.4 Å². The second kappa shape index (κ2) is 7.52. The fourth-order valence-electron chi connectivity index (χ4n) is 2.54. The number of rotatable bonds is 6. The van der Waals surface area contributed by atoms with Gasteiger partial charge in [0.05, 0.1) is 10.6 Å². The zero-order valence-corrected chi connectivity index (χ0v) is 14.1. The van der Waals surface area contributed by atoms with E-state index < -0.39 is 4.92 Å². The molecule has 1 aromatic heterocycles. The van der Waals surface area contributed by atoms with Crippen molar-refractivity contribution >= 4 is 11.4 Å². The highest BCUT2D eigenvalue weighted by molar-refractivity contribution is 5.65. The van der Waals surface area contributed by atoms with Gasteiger partial charge in [-0.25, -0.2) is 0 Å².